The van der Waals surface area contributed by atoms with Gasteiger partial charge in [0.15, 0.2) is 0 Å². The Morgan fingerprint density at radius 1 is 1.45 bits per heavy atom. The van der Waals surface area contributed by atoms with Gasteiger partial charge in [-0.2, -0.15) is 0 Å². The normalized spacial score (nSPS) is 12.6. The van der Waals surface area contributed by atoms with Crippen molar-refractivity contribution in [3.05, 3.63) is 18.1 Å². The van der Waals surface area contributed by atoms with Crippen LogP contribution in [-0.2, 0) is 0 Å². The van der Waals surface area contributed by atoms with Crippen LogP contribution in [0.2, 0.25) is 0 Å². The van der Waals surface area contributed by atoms with Gasteiger partial charge < -0.3 is 9.84 Å². The fourth-order valence-corrected chi connectivity index (χ4v) is 0.647. The summed E-state index contributed by atoms with van der Waals surface area (Å²) in [7, 11) is 1.52. The van der Waals surface area contributed by atoms with E-state index < -0.39 is 6.10 Å². The molecule has 0 amide bonds. The number of aromatic nitrogens is 2. The molecule has 0 saturated carbocycles. The molecule has 0 bridgehead atoms. The molecule has 0 aliphatic heterocycles. The Bertz CT molecular complexity index is 220. The smallest absolute Gasteiger partial charge is 0.231 e. The van der Waals surface area contributed by atoms with E-state index in [4.69, 9.17) is 9.84 Å². The lowest BCUT2D eigenvalue weighted by Crippen LogP contribution is -1.97. The van der Waals surface area contributed by atoms with Crippen molar-refractivity contribution in [1.29, 1.82) is 0 Å². The largest absolute Gasteiger partial charge is 0.480 e. The number of rotatable bonds is 2. The lowest BCUT2D eigenvalue weighted by Gasteiger charge is -2.02. The number of methoxy groups -OCH3 is 1. The van der Waals surface area contributed by atoms with Gasteiger partial charge in [0, 0.05) is 0 Å². The second-order valence-corrected chi connectivity index (χ2v) is 2.16. The van der Waals surface area contributed by atoms with Gasteiger partial charge in [-0.3, -0.25) is 4.98 Å². The minimum absolute atomic E-state index is 0.453. The quantitative estimate of drug-likeness (QED) is 0.675. The van der Waals surface area contributed by atoms with Gasteiger partial charge in [0.1, 0.15) is 0 Å². The molecule has 1 aromatic heterocycles. The summed E-state index contributed by atoms with van der Waals surface area (Å²) in [6, 6.07) is 0. The molecule has 1 N–H and O–H groups in total. The number of hydrogen-bond donors (Lipinski definition) is 1. The van der Waals surface area contributed by atoms with Crippen LogP contribution in [0.1, 0.15) is 18.7 Å². The molecule has 0 fully saturated rings. The molecule has 4 heteroatoms. The summed E-state index contributed by atoms with van der Waals surface area (Å²) < 4.78 is 4.79. The third-order valence-corrected chi connectivity index (χ3v) is 1.29. The fraction of sp³-hybridized carbons (Fsp3) is 0.429. The number of nitrogens with zero attached hydrogens (tertiary/aromatic N) is 2. The first-order valence-corrected chi connectivity index (χ1v) is 3.28. The minimum atomic E-state index is -0.576. The molecule has 0 spiro atoms. The fourth-order valence-electron chi connectivity index (χ4n) is 0.647. The van der Waals surface area contributed by atoms with Crippen molar-refractivity contribution in [3.63, 3.8) is 0 Å². The maximum atomic E-state index is 9.04. The summed E-state index contributed by atoms with van der Waals surface area (Å²) >= 11 is 0. The molecule has 1 aromatic rings. The van der Waals surface area contributed by atoms with Gasteiger partial charge >= 0.3 is 0 Å². The van der Waals surface area contributed by atoms with Gasteiger partial charge in [-0.15, -0.1) is 0 Å². The summed E-state index contributed by atoms with van der Waals surface area (Å²) in [6.07, 6.45) is 2.39. The number of hydrogen-bond acceptors (Lipinski definition) is 4. The van der Waals surface area contributed by atoms with Crippen LogP contribution in [0.15, 0.2) is 12.4 Å². The van der Waals surface area contributed by atoms with Crippen LogP contribution in [0, 0.1) is 0 Å². The molecule has 60 valence electrons. The molecule has 4 nitrogen and oxygen atoms in total. The van der Waals surface area contributed by atoms with Crippen molar-refractivity contribution < 1.29 is 9.84 Å². The first-order valence-electron chi connectivity index (χ1n) is 3.28. The highest BCUT2D eigenvalue weighted by Crippen LogP contribution is 2.09. The van der Waals surface area contributed by atoms with E-state index in [1.165, 1.54) is 19.5 Å². The monoisotopic (exact) mass is 154 g/mol. The highest BCUT2D eigenvalue weighted by Gasteiger charge is 2.01. The van der Waals surface area contributed by atoms with Crippen molar-refractivity contribution in [1.82, 2.24) is 9.97 Å². The van der Waals surface area contributed by atoms with E-state index in [1.807, 2.05) is 0 Å². The molecular weight excluding hydrogens is 144 g/mol. The highest BCUT2D eigenvalue weighted by atomic mass is 16.5. The average Bonchev–Trinajstić information content (AvgIpc) is 2.05. The Morgan fingerprint density at radius 2 is 2.18 bits per heavy atom. The van der Waals surface area contributed by atoms with E-state index in [9.17, 15) is 0 Å². The van der Waals surface area contributed by atoms with Gasteiger partial charge in [0.2, 0.25) is 5.88 Å². The lowest BCUT2D eigenvalue weighted by atomic mass is 10.3. The van der Waals surface area contributed by atoms with E-state index in [0.29, 0.717) is 11.6 Å². The molecule has 11 heavy (non-hydrogen) atoms. The van der Waals surface area contributed by atoms with Crippen molar-refractivity contribution in [2.75, 3.05) is 7.11 Å². The zero-order valence-electron chi connectivity index (χ0n) is 6.48. The average molecular weight is 154 g/mol. The number of aliphatic hydroxyl groups is 1. The Kier molecular flexibility index (Phi) is 2.38. The Hall–Kier alpha value is -1.16. The lowest BCUT2D eigenvalue weighted by molar-refractivity contribution is 0.193. The van der Waals surface area contributed by atoms with Crippen molar-refractivity contribution in [2.45, 2.75) is 13.0 Å². The Balaban J connectivity index is 2.83. The van der Waals surface area contributed by atoms with E-state index >= 15 is 0 Å². The molecule has 1 atom stereocenters. The maximum absolute atomic E-state index is 9.04. The van der Waals surface area contributed by atoms with Gasteiger partial charge in [0.25, 0.3) is 0 Å². The van der Waals surface area contributed by atoms with Crippen LogP contribution >= 0.6 is 0 Å². The summed E-state index contributed by atoms with van der Waals surface area (Å²) in [5.41, 5.74) is 0.547. The van der Waals surface area contributed by atoms with E-state index in [-0.39, 0.29) is 0 Å². The minimum Gasteiger partial charge on any atom is -0.480 e. The Morgan fingerprint density at radius 3 is 2.55 bits per heavy atom. The summed E-state index contributed by atoms with van der Waals surface area (Å²) in [5.74, 6) is 0.453. The van der Waals surface area contributed by atoms with Gasteiger partial charge in [-0.05, 0) is 6.92 Å². The molecule has 0 aliphatic rings. The zero-order valence-corrected chi connectivity index (χ0v) is 6.48. The van der Waals surface area contributed by atoms with Gasteiger partial charge in [-0.25, -0.2) is 4.98 Å². The maximum Gasteiger partial charge on any atom is 0.231 e. The van der Waals surface area contributed by atoms with E-state index in [2.05, 4.69) is 9.97 Å². The molecule has 0 saturated heterocycles. The third kappa shape index (κ3) is 1.88. The SMILES string of the molecule is COc1cnc(C(C)O)cn1. The highest BCUT2D eigenvalue weighted by molar-refractivity contribution is 5.08. The predicted octanol–water partition coefficient (Wildman–Crippen LogP) is 0.538. The standard InChI is InChI=1S/C7H10N2O2/c1-5(10)6-3-9-7(11-2)4-8-6/h3-5,10H,1-2H3. The molecule has 0 radical (unpaired) electrons. The van der Waals surface area contributed by atoms with Gasteiger partial charge in [0.05, 0.1) is 31.3 Å². The number of aliphatic hydroxyl groups excluding tert-OH is 1. The van der Waals surface area contributed by atoms with Gasteiger partial charge in [-0.1, -0.05) is 0 Å². The van der Waals surface area contributed by atoms with Crippen LogP contribution in [0.5, 0.6) is 5.88 Å². The summed E-state index contributed by atoms with van der Waals surface area (Å²) in [4.78, 5) is 7.79. The van der Waals surface area contributed by atoms with Crippen molar-refractivity contribution in [2.24, 2.45) is 0 Å². The van der Waals surface area contributed by atoms with Crippen molar-refractivity contribution in [3.8, 4) is 5.88 Å². The second-order valence-electron chi connectivity index (χ2n) is 2.16. The molecule has 1 unspecified atom stereocenters. The van der Waals surface area contributed by atoms with E-state index in [0.717, 1.165) is 0 Å². The van der Waals surface area contributed by atoms with Crippen LogP contribution in [0.4, 0.5) is 0 Å². The van der Waals surface area contributed by atoms with Crippen LogP contribution < -0.4 is 4.74 Å². The third-order valence-electron chi connectivity index (χ3n) is 1.29. The van der Waals surface area contributed by atoms with Crippen molar-refractivity contribution >= 4 is 0 Å². The molecular formula is C7H10N2O2. The molecule has 0 aromatic carbocycles. The van der Waals surface area contributed by atoms with Crippen LogP contribution in [0.25, 0.3) is 0 Å². The molecule has 1 heterocycles. The Labute approximate surface area is 64.9 Å². The number of ether oxygens (including phenoxy) is 1. The first kappa shape index (κ1) is 7.94. The summed E-state index contributed by atoms with van der Waals surface area (Å²) in [6.45, 7) is 1.64. The molecule has 1 rings (SSSR count). The predicted molar refractivity (Wildman–Crippen MR) is 39.2 cm³/mol. The first-order chi connectivity index (χ1) is 5.24. The van der Waals surface area contributed by atoms with E-state index in [1.54, 1.807) is 6.92 Å². The summed E-state index contributed by atoms with van der Waals surface area (Å²) in [5, 5.41) is 9.04. The molecule has 0 aliphatic carbocycles. The zero-order chi connectivity index (χ0) is 8.27. The second kappa shape index (κ2) is 3.30. The van der Waals surface area contributed by atoms with Crippen LogP contribution in [0.3, 0.4) is 0 Å². The topological polar surface area (TPSA) is 55.2 Å². The van der Waals surface area contributed by atoms with Crippen LogP contribution in [-0.4, -0.2) is 22.2 Å².